The van der Waals surface area contributed by atoms with Gasteiger partial charge in [0.05, 0.1) is 0 Å². The van der Waals surface area contributed by atoms with Gasteiger partial charge in [-0.2, -0.15) is 0 Å². The van der Waals surface area contributed by atoms with Crippen molar-refractivity contribution in [2.45, 2.75) is 50.0 Å². The van der Waals surface area contributed by atoms with Crippen LogP contribution in [0.25, 0.3) is 0 Å². The summed E-state index contributed by atoms with van der Waals surface area (Å²) in [6, 6.07) is 6.45. The summed E-state index contributed by atoms with van der Waals surface area (Å²) < 4.78 is 0. The number of carbonyl (C=O) groups is 1. The fraction of sp³-hybridized carbons (Fsp3) is 0.562. The van der Waals surface area contributed by atoms with Crippen molar-refractivity contribution in [1.82, 2.24) is 0 Å². The molecule has 4 heteroatoms. The van der Waals surface area contributed by atoms with Gasteiger partial charge in [-0.15, -0.1) is 11.8 Å². The highest BCUT2D eigenvalue weighted by atomic mass is 32.2. The maximum absolute atomic E-state index is 11.3. The first-order valence-corrected chi connectivity index (χ1v) is 8.14. The third kappa shape index (κ3) is 3.18. The highest BCUT2D eigenvalue weighted by Crippen LogP contribution is 2.38. The molecule has 0 heterocycles. The standard InChI is InChI=1S/C16H23NO2S/c1-11-5-6-12(2)14(10-11)20-9-7-13-4-3-8-16(13,17)15(18)19/h5-6,10,13H,3-4,7-9,17H2,1-2H3,(H,18,19). The molecule has 0 aliphatic heterocycles. The lowest BCUT2D eigenvalue weighted by Gasteiger charge is -2.26. The van der Waals surface area contributed by atoms with Crippen LogP contribution in [0.15, 0.2) is 23.1 Å². The molecule has 20 heavy (non-hydrogen) atoms. The van der Waals surface area contributed by atoms with Crippen molar-refractivity contribution in [3.05, 3.63) is 29.3 Å². The molecule has 1 aromatic rings. The molecule has 0 spiro atoms. The predicted octanol–water partition coefficient (Wildman–Crippen LogP) is 3.37. The van der Waals surface area contributed by atoms with E-state index in [1.165, 1.54) is 16.0 Å². The van der Waals surface area contributed by atoms with Crippen molar-refractivity contribution >= 4 is 17.7 Å². The molecule has 1 aliphatic carbocycles. The fourth-order valence-corrected chi connectivity index (χ4v) is 4.15. The number of benzene rings is 1. The Morgan fingerprint density at radius 3 is 2.95 bits per heavy atom. The van der Waals surface area contributed by atoms with Gasteiger partial charge in [-0.05, 0) is 56.4 Å². The molecule has 1 saturated carbocycles. The number of hydrogen-bond donors (Lipinski definition) is 2. The van der Waals surface area contributed by atoms with Gasteiger partial charge in [0.25, 0.3) is 0 Å². The van der Waals surface area contributed by atoms with Crippen LogP contribution in [0.2, 0.25) is 0 Å². The maximum Gasteiger partial charge on any atom is 0.323 e. The van der Waals surface area contributed by atoms with Crippen LogP contribution in [-0.2, 0) is 4.79 Å². The van der Waals surface area contributed by atoms with E-state index in [1.807, 2.05) is 11.8 Å². The van der Waals surface area contributed by atoms with Crippen LogP contribution >= 0.6 is 11.8 Å². The van der Waals surface area contributed by atoms with Gasteiger partial charge in [0, 0.05) is 4.90 Å². The first-order valence-electron chi connectivity index (χ1n) is 7.16. The summed E-state index contributed by atoms with van der Waals surface area (Å²) >= 11 is 1.81. The molecule has 0 amide bonds. The van der Waals surface area contributed by atoms with E-state index >= 15 is 0 Å². The van der Waals surface area contributed by atoms with E-state index in [9.17, 15) is 9.90 Å². The second-order valence-corrected chi connectivity index (χ2v) is 6.98. The van der Waals surface area contributed by atoms with Gasteiger partial charge in [0.15, 0.2) is 0 Å². The minimum atomic E-state index is -0.998. The zero-order valence-electron chi connectivity index (χ0n) is 12.2. The summed E-state index contributed by atoms with van der Waals surface area (Å²) in [5, 5.41) is 9.31. The van der Waals surface area contributed by atoms with Crippen molar-refractivity contribution in [2.75, 3.05) is 5.75 Å². The normalized spacial score (nSPS) is 25.9. The molecule has 0 radical (unpaired) electrons. The summed E-state index contributed by atoms with van der Waals surface area (Å²) in [5.41, 5.74) is 7.62. The third-order valence-corrected chi connectivity index (χ3v) is 5.53. The Kier molecular flexibility index (Phi) is 4.76. The minimum absolute atomic E-state index is 0.109. The predicted molar refractivity (Wildman–Crippen MR) is 83.2 cm³/mol. The van der Waals surface area contributed by atoms with Crippen molar-refractivity contribution in [2.24, 2.45) is 11.7 Å². The SMILES string of the molecule is Cc1ccc(C)c(SCCC2CCCC2(N)C(=O)O)c1. The monoisotopic (exact) mass is 293 g/mol. The van der Waals surface area contributed by atoms with E-state index in [1.54, 1.807) is 0 Å². The van der Waals surface area contributed by atoms with Crippen LogP contribution in [0.3, 0.4) is 0 Å². The second kappa shape index (κ2) is 6.19. The Hall–Kier alpha value is -1.00. The van der Waals surface area contributed by atoms with Gasteiger partial charge in [-0.25, -0.2) is 0 Å². The highest BCUT2D eigenvalue weighted by molar-refractivity contribution is 7.99. The minimum Gasteiger partial charge on any atom is -0.480 e. The van der Waals surface area contributed by atoms with E-state index in [0.29, 0.717) is 6.42 Å². The summed E-state index contributed by atoms with van der Waals surface area (Å²) in [6.45, 7) is 4.21. The Morgan fingerprint density at radius 2 is 2.25 bits per heavy atom. The summed E-state index contributed by atoms with van der Waals surface area (Å²) in [4.78, 5) is 12.6. The fourth-order valence-electron chi connectivity index (χ4n) is 2.96. The maximum atomic E-state index is 11.3. The molecular formula is C16H23NO2S. The molecule has 0 aromatic heterocycles. The topological polar surface area (TPSA) is 63.3 Å². The van der Waals surface area contributed by atoms with Crippen molar-refractivity contribution in [1.29, 1.82) is 0 Å². The molecule has 2 unspecified atom stereocenters. The van der Waals surface area contributed by atoms with Crippen molar-refractivity contribution in [3.8, 4) is 0 Å². The molecule has 0 saturated heterocycles. The third-order valence-electron chi connectivity index (χ3n) is 4.34. The smallest absolute Gasteiger partial charge is 0.323 e. The molecule has 3 N–H and O–H groups in total. The van der Waals surface area contributed by atoms with Crippen molar-refractivity contribution in [3.63, 3.8) is 0 Å². The number of thioether (sulfide) groups is 1. The number of rotatable bonds is 5. The number of carboxylic acids is 1. The number of carboxylic acid groups (broad SMARTS) is 1. The Balaban J connectivity index is 1.93. The lowest BCUT2D eigenvalue weighted by atomic mass is 9.86. The quantitative estimate of drug-likeness (QED) is 0.817. The highest BCUT2D eigenvalue weighted by Gasteiger charge is 2.45. The number of aliphatic carboxylic acids is 1. The first kappa shape index (κ1) is 15.4. The lowest BCUT2D eigenvalue weighted by Crippen LogP contribution is -2.51. The number of aryl methyl sites for hydroxylation is 2. The van der Waals surface area contributed by atoms with Crippen LogP contribution < -0.4 is 5.73 Å². The van der Waals surface area contributed by atoms with Crippen LogP contribution in [-0.4, -0.2) is 22.4 Å². The Bertz CT molecular complexity index is 503. The van der Waals surface area contributed by atoms with Gasteiger partial charge >= 0.3 is 5.97 Å². The lowest BCUT2D eigenvalue weighted by molar-refractivity contribution is -0.144. The molecule has 110 valence electrons. The average Bonchev–Trinajstić information content (AvgIpc) is 2.77. The van der Waals surface area contributed by atoms with E-state index in [2.05, 4.69) is 32.0 Å². The number of nitrogens with two attached hydrogens (primary N) is 1. The van der Waals surface area contributed by atoms with Gasteiger partial charge in [-0.3, -0.25) is 4.79 Å². The van der Waals surface area contributed by atoms with E-state index in [0.717, 1.165) is 25.0 Å². The van der Waals surface area contributed by atoms with Gasteiger partial charge in [-0.1, -0.05) is 24.1 Å². The molecule has 1 aliphatic rings. The zero-order chi connectivity index (χ0) is 14.8. The second-order valence-electron chi connectivity index (χ2n) is 5.84. The molecule has 1 aromatic carbocycles. The molecule has 2 atom stereocenters. The molecular weight excluding hydrogens is 270 g/mol. The molecule has 1 fully saturated rings. The molecule has 2 rings (SSSR count). The molecule has 0 bridgehead atoms. The van der Waals surface area contributed by atoms with Gasteiger partial charge in [0.2, 0.25) is 0 Å². The van der Waals surface area contributed by atoms with Crippen LogP contribution in [0.1, 0.15) is 36.8 Å². The van der Waals surface area contributed by atoms with Crippen molar-refractivity contribution < 1.29 is 9.90 Å². The van der Waals surface area contributed by atoms with Crippen LogP contribution in [0.4, 0.5) is 0 Å². The Morgan fingerprint density at radius 1 is 1.50 bits per heavy atom. The van der Waals surface area contributed by atoms with Gasteiger partial charge in [0.1, 0.15) is 5.54 Å². The van der Waals surface area contributed by atoms with Gasteiger partial charge < -0.3 is 10.8 Å². The van der Waals surface area contributed by atoms with Crippen LogP contribution in [0.5, 0.6) is 0 Å². The summed E-state index contributed by atoms with van der Waals surface area (Å²) in [5.74, 6) is 0.204. The Labute approximate surface area is 124 Å². The number of hydrogen-bond acceptors (Lipinski definition) is 3. The van der Waals surface area contributed by atoms with E-state index in [4.69, 9.17) is 5.73 Å². The molecule has 3 nitrogen and oxygen atoms in total. The first-order chi connectivity index (χ1) is 9.43. The van der Waals surface area contributed by atoms with E-state index in [-0.39, 0.29) is 5.92 Å². The van der Waals surface area contributed by atoms with E-state index < -0.39 is 11.5 Å². The summed E-state index contributed by atoms with van der Waals surface area (Å²) in [6.07, 6.45) is 3.36. The average molecular weight is 293 g/mol. The zero-order valence-corrected chi connectivity index (χ0v) is 13.0. The summed E-state index contributed by atoms with van der Waals surface area (Å²) in [7, 11) is 0. The van der Waals surface area contributed by atoms with Crippen LogP contribution in [0, 0.1) is 19.8 Å². The largest absolute Gasteiger partial charge is 0.480 e.